The molecule has 164 valence electrons. The van der Waals surface area contributed by atoms with Crippen LogP contribution in [0, 0.1) is 5.92 Å². The first kappa shape index (κ1) is 21.7. The van der Waals surface area contributed by atoms with Gasteiger partial charge in [-0.05, 0) is 74.4 Å². The second kappa shape index (κ2) is 8.54. The van der Waals surface area contributed by atoms with Crippen molar-refractivity contribution in [3.63, 3.8) is 0 Å². The summed E-state index contributed by atoms with van der Waals surface area (Å²) in [6, 6.07) is 13.6. The van der Waals surface area contributed by atoms with E-state index in [1.54, 1.807) is 4.90 Å². The summed E-state index contributed by atoms with van der Waals surface area (Å²) in [4.78, 5) is 27.1. The van der Waals surface area contributed by atoms with Crippen LogP contribution in [0.15, 0.2) is 42.5 Å². The lowest BCUT2D eigenvalue weighted by atomic mass is 9.83. The van der Waals surface area contributed by atoms with Crippen molar-refractivity contribution in [3.8, 4) is 0 Å². The largest absolute Gasteiger partial charge is 0.444 e. The fourth-order valence-electron chi connectivity index (χ4n) is 4.59. The smallest absolute Gasteiger partial charge is 0.410 e. The molecule has 1 saturated carbocycles. The van der Waals surface area contributed by atoms with E-state index in [1.807, 2.05) is 51.1 Å². The van der Waals surface area contributed by atoms with E-state index in [9.17, 15) is 9.59 Å². The summed E-state index contributed by atoms with van der Waals surface area (Å²) in [7, 11) is 0. The summed E-state index contributed by atoms with van der Waals surface area (Å²) >= 11 is 6.14. The average Bonchev–Trinajstić information content (AvgIpc) is 3.17. The summed E-state index contributed by atoms with van der Waals surface area (Å²) in [5.74, 6) is 0.528. The molecule has 1 heterocycles. The van der Waals surface area contributed by atoms with Gasteiger partial charge in [-0.2, -0.15) is 0 Å². The number of hydrogen-bond acceptors (Lipinski definition) is 3. The molecule has 0 saturated heterocycles. The Bertz CT molecular complexity index is 999. The van der Waals surface area contributed by atoms with Crippen LogP contribution in [0.1, 0.15) is 62.6 Å². The number of halogens is 1. The van der Waals surface area contributed by atoms with E-state index in [0.717, 1.165) is 36.1 Å². The number of carbonyl (C=O) groups is 2. The van der Waals surface area contributed by atoms with Crippen LogP contribution in [0.3, 0.4) is 0 Å². The highest BCUT2D eigenvalue weighted by Crippen LogP contribution is 2.46. The summed E-state index contributed by atoms with van der Waals surface area (Å²) in [5, 5.41) is 3.71. The second-order valence-electron chi connectivity index (χ2n) is 9.52. The fraction of sp³-hybridized carbons (Fsp3) is 0.440. The number of nitrogens with zero attached hydrogens (tertiary/aromatic N) is 1. The van der Waals surface area contributed by atoms with Crippen molar-refractivity contribution in [3.05, 3.63) is 64.2 Å². The molecule has 2 atom stereocenters. The molecule has 1 fully saturated rings. The minimum atomic E-state index is -0.592. The number of nitrogens with one attached hydrogen (secondary N) is 1. The maximum atomic E-state index is 12.9. The quantitative estimate of drug-likeness (QED) is 0.623. The first-order valence-electron chi connectivity index (χ1n) is 10.9. The average molecular weight is 441 g/mol. The number of carbonyl (C=O) groups excluding carboxylic acids is 2. The highest BCUT2D eigenvalue weighted by molar-refractivity contribution is 6.30. The van der Waals surface area contributed by atoms with Crippen LogP contribution in [0.2, 0.25) is 5.02 Å². The maximum Gasteiger partial charge on any atom is 0.410 e. The lowest BCUT2D eigenvalue weighted by Crippen LogP contribution is -2.36. The molecule has 6 heteroatoms. The van der Waals surface area contributed by atoms with E-state index in [0.29, 0.717) is 24.0 Å². The molecule has 2 unspecified atom stereocenters. The summed E-state index contributed by atoms with van der Waals surface area (Å²) < 4.78 is 5.65. The Hall–Kier alpha value is -2.53. The van der Waals surface area contributed by atoms with Crippen LogP contribution >= 0.6 is 11.6 Å². The van der Waals surface area contributed by atoms with E-state index >= 15 is 0 Å². The van der Waals surface area contributed by atoms with E-state index in [-0.39, 0.29) is 17.9 Å². The second-order valence-corrected chi connectivity index (χ2v) is 9.96. The molecule has 1 aliphatic carbocycles. The molecule has 2 aliphatic rings. The van der Waals surface area contributed by atoms with Crippen molar-refractivity contribution < 1.29 is 14.3 Å². The van der Waals surface area contributed by atoms with Crippen LogP contribution < -0.4 is 5.32 Å². The lowest BCUT2D eigenvalue weighted by Gasteiger charge is -2.30. The lowest BCUT2D eigenvalue weighted by molar-refractivity contribution is -0.120. The summed E-state index contributed by atoms with van der Waals surface area (Å²) in [5.41, 5.74) is 3.37. The number of rotatable bonds is 4. The van der Waals surface area contributed by atoms with Gasteiger partial charge >= 0.3 is 6.09 Å². The maximum absolute atomic E-state index is 12.9. The zero-order chi connectivity index (χ0) is 22.2. The minimum absolute atomic E-state index is 0.0967. The molecular weight excluding hydrogens is 412 g/mol. The molecule has 0 bridgehead atoms. The van der Waals surface area contributed by atoms with E-state index in [1.165, 1.54) is 5.56 Å². The number of fused-ring (bicyclic) bond motifs is 3. The molecule has 2 aromatic rings. The Labute approximate surface area is 188 Å². The third-order valence-electron chi connectivity index (χ3n) is 5.92. The van der Waals surface area contributed by atoms with Crippen LogP contribution in [-0.4, -0.2) is 22.5 Å². The molecule has 0 aromatic heterocycles. The molecule has 1 N–H and O–H groups in total. The van der Waals surface area contributed by atoms with Gasteiger partial charge < -0.3 is 10.1 Å². The van der Waals surface area contributed by atoms with Gasteiger partial charge in [-0.25, -0.2) is 4.79 Å². The molecule has 31 heavy (non-hydrogen) atoms. The third kappa shape index (κ3) is 5.04. The number of anilines is 1. The van der Waals surface area contributed by atoms with Gasteiger partial charge in [0.25, 0.3) is 0 Å². The van der Waals surface area contributed by atoms with Gasteiger partial charge in [-0.15, -0.1) is 0 Å². The normalized spacial score (nSPS) is 19.9. The molecule has 0 spiro atoms. The van der Waals surface area contributed by atoms with Crippen LogP contribution in [0.25, 0.3) is 0 Å². The Morgan fingerprint density at radius 3 is 2.52 bits per heavy atom. The Morgan fingerprint density at radius 1 is 1.10 bits per heavy atom. The van der Waals surface area contributed by atoms with Crippen molar-refractivity contribution in [1.29, 1.82) is 0 Å². The topological polar surface area (TPSA) is 58.6 Å². The number of amides is 2. The Balaban J connectivity index is 1.58. The van der Waals surface area contributed by atoms with E-state index < -0.39 is 5.60 Å². The SMILES string of the molecule is CC(C)(C)OC(=O)N(Cc1cccc(Cl)c1)Cc1ccc2c(c1)NC(=O)C1CCCC21. The molecular formula is C25H29ClN2O3. The first-order valence-corrected chi connectivity index (χ1v) is 11.2. The van der Waals surface area contributed by atoms with Gasteiger partial charge in [0.05, 0.1) is 0 Å². The summed E-state index contributed by atoms with van der Waals surface area (Å²) in [6.07, 6.45) is 2.73. The van der Waals surface area contributed by atoms with Crippen LogP contribution in [0.5, 0.6) is 0 Å². The predicted octanol–water partition coefficient (Wildman–Crippen LogP) is 6.11. The van der Waals surface area contributed by atoms with Crippen molar-refractivity contribution in [2.75, 3.05) is 5.32 Å². The van der Waals surface area contributed by atoms with E-state index in [2.05, 4.69) is 17.4 Å². The first-order chi connectivity index (χ1) is 14.7. The van der Waals surface area contributed by atoms with Gasteiger partial charge in [0.2, 0.25) is 5.91 Å². The zero-order valence-corrected chi connectivity index (χ0v) is 19.0. The molecule has 2 amide bonds. The van der Waals surface area contributed by atoms with Crippen LogP contribution in [0.4, 0.5) is 10.5 Å². The van der Waals surface area contributed by atoms with Gasteiger partial charge in [0, 0.05) is 29.7 Å². The Kier molecular flexibility index (Phi) is 5.98. The number of benzene rings is 2. The van der Waals surface area contributed by atoms with Crippen molar-refractivity contribution in [1.82, 2.24) is 4.90 Å². The van der Waals surface area contributed by atoms with Crippen LogP contribution in [-0.2, 0) is 22.6 Å². The minimum Gasteiger partial charge on any atom is -0.444 e. The van der Waals surface area contributed by atoms with Crippen molar-refractivity contribution >= 4 is 29.3 Å². The van der Waals surface area contributed by atoms with E-state index in [4.69, 9.17) is 16.3 Å². The van der Waals surface area contributed by atoms with Crippen molar-refractivity contribution in [2.24, 2.45) is 5.92 Å². The van der Waals surface area contributed by atoms with Gasteiger partial charge in [-0.1, -0.05) is 42.3 Å². The van der Waals surface area contributed by atoms with Gasteiger partial charge in [0.1, 0.15) is 5.60 Å². The number of hydrogen-bond donors (Lipinski definition) is 1. The standard InChI is InChI=1S/C25H29ClN2O3/c1-25(2,3)31-24(30)28(14-16-6-4-7-18(26)12-16)15-17-10-11-20-19-8-5-9-21(19)23(29)27-22(20)13-17/h4,6-7,10-13,19,21H,5,8-9,14-15H2,1-3H3,(H,27,29). The molecule has 4 rings (SSSR count). The zero-order valence-electron chi connectivity index (χ0n) is 18.3. The third-order valence-corrected chi connectivity index (χ3v) is 6.15. The van der Waals surface area contributed by atoms with Crippen molar-refractivity contribution in [2.45, 2.75) is 64.6 Å². The fourth-order valence-corrected chi connectivity index (χ4v) is 4.81. The molecule has 5 nitrogen and oxygen atoms in total. The molecule has 1 aliphatic heterocycles. The van der Waals surface area contributed by atoms with Gasteiger partial charge in [-0.3, -0.25) is 9.69 Å². The molecule has 2 aromatic carbocycles. The highest BCUT2D eigenvalue weighted by atomic mass is 35.5. The van der Waals surface area contributed by atoms with Gasteiger partial charge in [0.15, 0.2) is 0 Å². The highest BCUT2D eigenvalue weighted by Gasteiger charge is 2.39. The predicted molar refractivity (Wildman–Crippen MR) is 122 cm³/mol. The Morgan fingerprint density at radius 2 is 1.81 bits per heavy atom. The monoisotopic (exact) mass is 440 g/mol. The summed E-state index contributed by atoms with van der Waals surface area (Å²) in [6.45, 7) is 6.32. The number of ether oxygens (including phenoxy) is 1. The molecule has 0 radical (unpaired) electrons.